The number of ketones is 1. The highest BCUT2D eigenvalue weighted by Crippen LogP contribution is 2.31. The fourth-order valence-electron chi connectivity index (χ4n) is 1.94. The van der Waals surface area contributed by atoms with Crippen molar-refractivity contribution in [1.29, 1.82) is 0 Å². The van der Waals surface area contributed by atoms with E-state index in [2.05, 4.69) is 5.10 Å². The van der Waals surface area contributed by atoms with Crippen LogP contribution in [-0.2, 0) is 17.8 Å². The zero-order chi connectivity index (χ0) is 11.5. The SMILES string of the molecule is CCn1ncc(OC)c1CCC(=O)C1CC1. The Kier molecular flexibility index (Phi) is 3.27. The Bertz CT molecular complexity index is 359. The predicted molar refractivity (Wildman–Crippen MR) is 60.5 cm³/mol. The van der Waals surface area contributed by atoms with Gasteiger partial charge in [0.25, 0.3) is 0 Å². The van der Waals surface area contributed by atoms with Crippen LogP contribution in [0.1, 0.15) is 31.9 Å². The Balaban J connectivity index is 2.00. The highest BCUT2D eigenvalue weighted by Gasteiger charge is 2.29. The second-order valence-corrected chi connectivity index (χ2v) is 4.22. The van der Waals surface area contributed by atoms with Crippen LogP contribution in [0.4, 0.5) is 0 Å². The Morgan fingerprint density at radius 1 is 1.62 bits per heavy atom. The molecule has 1 aliphatic rings. The first-order valence-corrected chi connectivity index (χ1v) is 5.87. The highest BCUT2D eigenvalue weighted by atomic mass is 16.5. The lowest BCUT2D eigenvalue weighted by Crippen LogP contribution is -2.08. The largest absolute Gasteiger partial charge is 0.493 e. The first-order chi connectivity index (χ1) is 7.76. The Hall–Kier alpha value is -1.32. The number of nitrogens with zero attached hydrogens (tertiary/aromatic N) is 2. The summed E-state index contributed by atoms with van der Waals surface area (Å²) in [4.78, 5) is 11.6. The van der Waals surface area contributed by atoms with Crippen LogP contribution in [0.15, 0.2) is 6.20 Å². The van der Waals surface area contributed by atoms with Gasteiger partial charge >= 0.3 is 0 Å². The number of hydrogen-bond donors (Lipinski definition) is 0. The minimum Gasteiger partial charge on any atom is -0.493 e. The summed E-state index contributed by atoms with van der Waals surface area (Å²) in [7, 11) is 1.64. The van der Waals surface area contributed by atoms with Crippen LogP contribution in [-0.4, -0.2) is 22.7 Å². The zero-order valence-electron chi connectivity index (χ0n) is 9.90. The van der Waals surface area contributed by atoms with Gasteiger partial charge in [0.15, 0.2) is 5.75 Å². The average Bonchev–Trinajstić information content (AvgIpc) is 3.07. The Morgan fingerprint density at radius 3 is 2.94 bits per heavy atom. The predicted octanol–water partition coefficient (Wildman–Crippen LogP) is 1.82. The molecule has 1 aliphatic carbocycles. The van der Waals surface area contributed by atoms with Gasteiger partial charge in [0.2, 0.25) is 0 Å². The lowest BCUT2D eigenvalue weighted by Gasteiger charge is -2.06. The molecule has 16 heavy (non-hydrogen) atoms. The summed E-state index contributed by atoms with van der Waals surface area (Å²) in [6, 6.07) is 0. The van der Waals surface area contributed by atoms with Crippen LogP contribution in [0.3, 0.4) is 0 Å². The van der Waals surface area contributed by atoms with Crippen LogP contribution in [0.5, 0.6) is 5.75 Å². The lowest BCUT2D eigenvalue weighted by atomic mass is 10.1. The monoisotopic (exact) mass is 222 g/mol. The van der Waals surface area contributed by atoms with E-state index < -0.39 is 0 Å². The molecule has 2 rings (SSSR count). The molecule has 0 amide bonds. The van der Waals surface area contributed by atoms with Crippen molar-refractivity contribution in [2.24, 2.45) is 5.92 Å². The molecule has 0 radical (unpaired) electrons. The maximum absolute atomic E-state index is 11.6. The number of methoxy groups -OCH3 is 1. The second kappa shape index (κ2) is 4.68. The van der Waals surface area contributed by atoms with Crippen molar-refractivity contribution >= 4 is 5.78 Å². The van der Waals surface area contributed by atoms with Gasteiger partial charge in [-0.15, -0.1) is 0 Å². The summed E-state index contributed by atoms with van der Waals surface area (Å²) in [5, 5.41) is 4.22. The van der Waals surface area contributed by atoms with Crippen molar-refractivity contribution in [3.05, 3.63) is 11.9 Å². The molecular weight excluding hydrogens is 204 g/mol. The molecule has 0 aliphatic heterocycles. The summed E-state index contributed by atoms with van der Waals surface area (Å²) in [5.74, 6) is 1.54. The topological polar surface area (TPSA) is 44.1 Å². The van der Waals surface area contributed by atoms with E-state index in [1.54, 1.807) is 13.3 Å². The molecule has 4 nitrogen and oxygen atoms in total. The summed E-state index contributed by atoms with van der Waals surface area (Å²) < 4.78 is 7.14. The first kappa shape index (κ1) is 11.2. The van der Waals surface area contributed by atoms with Crippen molar-refractivity contribution < 1.29 is 9.53 Å². The van der Waals surface area contributed by atoms with Crippen molar-refractivity contribution in [2.75, 3.05) is 7.11 Å². The number of carbonyl (C=O) groups is 1. The Labute approximate surface area is 95.6 Å². The molecule has 0 saturated heterocycles. The summed E-state index contributed by atoms with van der Waals surface area (Å²) in [6.07, 6.45) is 5.26. The zero-order valence-corrected chi connectivity index (χ0v) is 9.90. The van der Waals surface area contributed by atoms with E-state index in [1.165, 1.54) is 0 Å². The molecule has 0 bridgehead atoms. The van der Waals surface area contributed by atoms with E-state index in [1.807, 2.05) is 11.6 Å². The molecule has 1 aromatic heterocycles. The van der Waals surface area contributed by atoms with Crippen LogP contribution in [0.2, 0.25) is 0 Å². The number of aryl methyl sites for hydroxylation is 1. The summed E-state index contributed by atoms with van der Waals surface area (Å²) in [5.41, 5.74) is 1.04. The van der Waals surface area contributed by atoms with Crippen molar-refractivity contribution in [3.8, 4) is 5.75 Å². The second-order valence-electron chi connectivity index (χ2n) is 4.22. The molecule has 0 unspecified atom stereocenters. The number of carbonyl (C=O) groups excluding carboxylic acids is 1. The van der Waals surface area contributed by atoms with E-state index in [0.29, 0.717) is 18.1 Å². The maximum atomic E-state index is 11.6. The molecular formula is C12H18N2O2. The minimum atomic E-state index is 0.351. The van der Waals surface area contributed by atoms with E-state index in [0.717, 1.165) is 37.3 Å². The van der Waals surface area contributed by atoms with Gasteiger partial charge in [0.1, 0.15) is 5.78 Å². The minimum absolute atomic E-state index is 0.351. The molecule has 88 valence electrons. The van der Waals surface area contributed by atoms with Gasteiger partial charge in [0.05, 0.1) is 19.0 Å². The van der Waals surface area contributed by atoms with Gasteiger partial charge in [-0.1, -0.05) is 0 Å². The normalized spacial score (nSPS) is 15.1. The standard InChI is InChI=1S/C12H18N2O2/c1-3-14-10(12(16-2)8-13-14)6-7-11(15)9-4-5-9/h8-9H,3-7H2,1-2H3. The molecule has 1 saturated carbocycles. The van der Waals surface area contributed by atoms with Gasteiger partial charge in [-0.2, -0.15) is 5.10 Å². The molecule has 0 spiro atoms. The number of Topliss-reactive ketones (excluding diaryl/α,β-unsaturated/α-hetero) is 1. The van der Waals surface area contributed by atoms with Crippen LogP contribution in [0, 0.1) is 5.92 Å². The first-order valence-electron chi connectivity index (χ1n) is 5.87. The van der Waals surface area contributed by atoms with Crippen molar-refractivity contribution in [2.45, 2.75) is 39.2 Å². The molecule has 0 N–H and O–H groups in total. The molecule has 1 aromatic rings. The van der Waals surface area contributed by atoms with Crippen molar-refractivity contribution in [3.63, 3.8) is 0 Å². The third-order valence-corrected chi connectivity index (χ3v) is 3.07. The third-order valence-electron chi connectivity index (χ3n) is 3.07. The fourth-order valence-corrected chi connectivity index (χ4v) is 1.94. The molecule has 1 heterocycles. The molecule has 4 heteroatoms. The van der Waals surface area contributed by atoms with E-state index in [4.69, 9.17) is 4.74 Å². The third kappa shape index (κ3) is 2.26. The van der Waals surface area contributed by atoms with E-state index in [-0.39, 0.29) is 0 Å². The van der Waals surface area contributed by atoms with Crippen LogP contribution >= 0.6 is 0 Å². The van der Waals surface area contributed by atoms with Gasteiger partial charge in [-0.05, 0) is 26.2 Å². The van der Waals surface area contributed by atoms with Gasteiger partial charge in [-0.25, -0.2) is 0 Å². The average molecular weight is 222 g/mol. The number of hydrogen-bond acceptors (Lipinski definition) is 3. The van der Waals surface area contributed by atoms with Gasteiger partial charge in [-0.3, -0.25) is 9.48 Å². The number of rotatable bonds is 6. The Morgan fingerprint density at radius 2 is 2.38 bits per heavy atom. The fraction of sp³-hybridized carbons (Fsp3) is 0.667. The van der Waals surface area contributed by atoms with Gasteiger partial charge < -0.3 is 4.74 Å². The molecule has 1 fully saturated rings. The number of ether oxygens (including phenoxy) is 1. The molecule has 0 aromatic carbocycles. The van der Waals surface area contributed by atoms with Crippen molar-refractivity contribution in [1.82, 2.24) is 9.78 Å². The van der Waals surface area contributed by atoms with E-state index in [9.17, 15) is 4.79 Å². The highest BCUT2D eigenvalue weighted by molar-refractivity contribution is 5.83. The maximum Gasteiger partial charge on any atom is 0.159 e. The summed E-state index contributed by atoms with van der Waals surface area (Å²) >= 11 is 0. The smallest absolute Gasteiger partial charge is 0.159 e. The van der Waals surface area contributed by atoms with E-state index >= 15 is 0 Å². The number of aromatic nitrogens is 2. The van der Waals surface area contributed by atoms with Crippen LogP contribution < -0.4 is 4.74 Å². The van der Waals surface area contributed by atoms with Crippen LogP contribution in [0.25, 0.3) is 0 Å². The lowest BCUT2D eigenvalue weighted by molar-refractivity contribution is -0.120. The molecule has 0 atom stereocenters. The van der Waals surface area contributed by atoms with Gasteiger partial charge in [0, 0.05) is 18.9 Å². The summed E-state index contributed by atoms with van der Waals surface area (Å²) in [6.45, 7) is 2.86. The quantitative estimate of drug-likeness (QED) is 0.737.